The van der Waals surface area contributed by atoms with Gasteiger partial charge in [-0.1, -0.05) is 0 Å². The summed E-state index contributed by atoms with van der Waals surface area (Å²) >= 11 is 0. The third-order valence-electron chi connectivity index (χ3n) is 1.24. The topological polar surface area (TPSA) is 113 Å². The minimum atomic E-state index is -1.28. The van der Waals surface area contributed by atoms with Gasteiger partial charge in [0.2, 0.25) is 0 Å². The van der Waals surface area contributed by atoms with Crippen molar-refractivity contribution in [2.45, 2.75) is 31.4 Å². The van der Waals surface area contributed by atoms with Crippen LogP contribution in [0.3, 0.4) is 0 Å². The van der Waals surface area contributed by atoms with Crippen molar-refractivity contribution in [3.8, 4) is 0 Å². The van der Waals surface area contributed by atoms with Crippen molar-refractivity contribution in [2.75, 3.05) is 0 Å². The van der Waals surface area contributed by atoms with Crippen LogP contribution in [0.1, 0.15) is 6.92 Å². The van der Waals surface area contributed by atoms with Gasteiger partial charge >= 0.3 is 0 Å². The first-order valence-corrected chi connectivity index (χ1v) is 3.02. The van der Waals surface area contributed by atoms with E-state index in [4.69, 9.17) is 26.8 Å². The van der Waals surface area contributed by atoms with Crippen molar-refractivity contribution in [1.29, 1.82) is 0 Å². The Kier molecular flexibility index (Phi) is 3.77. The van der Waals surface area contributed by atoms with Crippen molar-refractivity contribution in [2.24, 2.45) is 11.5 Å². The predicted octanol–water partition coefficient (Wildman–Crippen LogP) is -2.67. The highest BCUT2D eigenvalue weighted by molar-refractivity contribution is 4.77. The lowest BCUT2D eigenvalue weighted by Crippen LogP contribution is -2.52. The first kappa shape index (κ1) is 9.80. The second kappa shape index (κ2) is 3.85. The molecular formula is C5H14N2O3. The van der Waals surface area contributed by atoms with Gasteiger partial charge in [0, 0.05) is 0 Å². The quantitative estimate of drug-likeness (QED) is 0.282. The zero-order chi connectivity index (χ0) is 8.31. The van der Waals surface area contributed by atoms with E-state index in [1.165, 1.54) is 6.92 Å². The molecule has 62 valence electrons. The number of aliphatic hydroxyl groups is 3. The van der Waals surface area contributed by atoms with E-state index in [1.807, 2.05) is 0 Å². The molecule has 0 aliphatic rings. The molecule has 0 aromatic heterocycles. The maximum Gasteiger partial charge on any atom is 0.110 e. The maximum absolute atomic E-state index is 8.91. The fourth-order valence-corrected chi connectivity index (χ4v) is 0.513. The summed E-state index contributed by atoms with van der Waals surface area (Å²) in [6.45, 7) is 1.34. The Labute approximate surface area is 59.3 Å². The lowest BCUT2D eigenvalue weighted by atomic mass is 10.1. The van der Waals surface area contributed by atoms with Crippen molar-refractivity contribution in [3.05, 3.63) is 0 Å². The van der Waals surface area contributed by atoms with Crippen molar-refractivity contribution < 1.29 is 15.3 Å². The third kappa shape index (κ3) is 2.59. The first-order chi connectivity index (χ1) is 4.46. The van der Waals surface area contributed by atoms with Crippen LogP contribution in [0.2, 0.25) is 0 Å². The van der Waals surface area contributed by atoms with Crippen LogP contribution in [-0.2, 0) is 0 Å². The molecule has 0 aromatic rings. The van der Waals surface area contributed by atoms with Gasteiger partial charge in [-0.3, -0.25) is 0 Å². The Morgan fingerprint density at radius 1 is 1.00 bits per heavy atom. The minimum Gasteiger partial charge on any atom is -0.391 e. The van der Waals surface area contributed by atoms with Crippen LogP contribution in [-0.4, -0.2) is 39.8 Å². The summed E-state index contributed by atoms with van der Waals surface area (Å²) < 4.78 is 0. The molecule has 0 aromatic carbocycles. The van der Waals surface area contributed by atoms with Crippen molar-refractivity contribution in [3.63, 3.8) is 0 Å². The molecule has 3 atom stereocenters. The van der Waals surface area contributed by atoms with Gasteiger partial charge in [0.05, 0.1) is 12.3 Å². The Balaban J connectivity index is 3.81. The molecular weight excluding hydrogens is 136 g/mol. The number of hydrogen-bond donors (Lipinski definition) is 5. The van der Waals surface area contributed by atoms with Crippen molar-refractivity contribution >= 4 is 0 Å². The molecule has 5 nitrogen and oxygen atoms in total. The number of hydrogen-bond acceptors (Lipinski definition) is 5. The standard InChI is InChI=1S/C5H14N2O3/c1-2(8)3(9)4(10)5(6)7/h2-5,8-10H,6-7H2,1H3. The van der Waals surface area contributed by atoms with Gasteiger partial charge < -0.3 is 26.8 Å². The second-order valence-electron chi connectivity index (χ2n) is 2.30. The SMILES string of the molecule is CC(O)C(O)C(O)C(N)N. The Hall–Kier alpha value is -0.200. The molecule has 3 unspecified atom stereocenters. The highest BCUT2D eigenvalue weighted by atomic mass is 16.4. The van der Waals surface area contributed by atoms with Gasteiger partial charge in [-0.2, -0.15) is 0 Å². The van der Waals surface area contributed by atoms with Gasteiger partial charge in [-0.15, -0.1) is 0 Å². The minimum absolute atomic E-state index is 1.02. The molecule has 0 fully saturated rings. The fraction of sp³-hybridized carbons (Fsp3) is 1.00. The Morgan fingerprint density at radius 3 is 1.50 bits per heavy atom. The van der Waals surface area contributed by atoms with Crippen LogP contribution < -0.4 is 11.5 Å². The highest BCUT2D eigenvalue weighted by Crippen LogP contribution is 1.99. The van der Waals surface area contributed by atoms with E-state index in [1.54, 1.807) is 0 Å². The van der Waals surface area contributed by atoms with Gasteiger partial charge in [0.1, 0.15) is 12.2 Å². The fourth-order valence-electron chi connectivity index (χ4n) is 0.513. The number of aliphatic hydroxyl groups excluding tert-OH is 3. The Morgan fingerprint density at radius 2 is 1.40 bits per heavy atom. The van der Waals surface area contributed by atoms with Crippen LogP contribution in [0.5, 0.6) is 0 Å². The van der Waals surface area contributed by atoms with Crippen LogP contribution in [0.15, 0.2) is 0 Å². The monoisotopic (exact) mass is 150 g/mol. The zero-order valence-corrected chi connectivity index (χ0v) is 5.81. The smallest absolute Gasteiger partial charge is 0.110 e. The average Bonchev–Trinajstić information content (AvgIpc) is 1.84. The molecule has 0 saturated heterocycles. The maximum atomic E-state index is 8.91. The summed E-state index contributed by atoms with van der Waals surface area (Å²) in [4.78, 5) is 0. The van der Waals surface area contributed by atoms with Gasteiger partial charge in [-0.05, 0) is 6.92 Å². The lowest BCUT2D eigenvalue weighted by Gasteiger charge is -2.22. The van der Waals surface area contributed by atoms with Gasteiger partial charge in [-0.25, -0.2) is 0 Å². The summed E-state index contributed by atoms with van der Waals surface area (Å²) in [6.07, 6.45) is -4.60. The van der Waals surface area contributed by atoms with Gasteiger partial charge in [0.25, 0.3) is 0 Å². The molecule has 0 heterocycles. The predicted molar refractivity (Wildman–Crippen MR) is 35.9 cm³/mol. The molecule has 0 bridgehead atoms. The van der Waals surface area contributed by atoms with Crippen molar-refractivity contribution in [1.82, 2.24) is 0 Å². The van der Waals surface area contributed by atoms with E-state index >= 15 is 0 Å². The summed E-state index contributed by atoms with van der Waals surface area (Å²) in [5.41, 5.74) is 10.1. The largest absolute Gasteiger partial charge is 0.391 e. The highest BCUT2D eigenvalue weighted by Gasteiger charge is 2.24. The average molecular weight is 150 g/mol. The molecule has 0 amide bonds. The normalized spacial score (nSPS) is 20.7. The number of nitrogens with two attached hydrogens (primary N) is 2. The molecule has 0 radical (unpaired) electrons. The molecule has 5 heteroatoms. The van der Waals surface area contributed by atoms with Crippen LogP contribution in [0.4, 0.5) is 0 Å². The van der Waals surface area contributed by atoms with E-state index < -0.39 is 24.5 Å². The first-order valence-electron chi connectivity index (χ1n) is 3.02. The van der Waals surface area contributed by atoms with Crippen LogP contribution in [0.25, 0.3) is 0 Å². The third-order valence-corrected chi connectivity index (χ3v) is 1.24. The molecule has 0 rings (SSSR count). The molecule has 0 saturated carbocycles. The molecule has 0 spiro atoms. The summed E-state index contributed by atoms with van der Waals surface area (Å²) in [5.74, 6) is 0. The van der Waals surface area contributed by atoms with E-state index in [2.05, 4.69) is 0 Å². The summed E-state index contributed by atoms with van der Waals surface area (Å²) in [6, 6.07) is 0. The molecule has 7 N–H and O–H groups in total. The molecule has 10 heavy (non-hydrogen) atoms. The number of rotatable bonds is 3. The van der Waals surface area contributed by atoms with E-state index in [0.717, 1.165) is 0 Å². The van der Waals surface area contributed by atoms with E-state index in [-0.39, 0.29) is 0 Å². The van der Waals surface area contributed by atoms with Crippen LogP contribution >= 0.6 is 0 Å². The molecule has 0 aliphatic carbocycles. The van der Waals surface area contributed by atoms with E-state index in [0.29, 0.717) is 0 Å². The zero-order valence-electron chi connectivity index (χ0n) is 5.81. The summed E-state index contributed by atoms with van der Waals surface area (Å²) in [7, 11) is 0. The second-order valence-corrected chi connectivity index (χ2v) is 2.30. The summed E-state index contributed by atoms with van der Waals surface area (Å²) in [5, 5.41) is 26.5. The molecule has 0 aliphatic heterocycles. The Bertz CT molecular complexity index is 84.9. The van der Waals surface area contributed by atoms with E-state index in [9.17, 15) is 0 Å². The van der Waals surface area contributed by atoms with Gasteiger partial charge in [0.15, 0.2) is 0 Å². The lowest BCUT2D eigenvalue weighted by molar-refractivity contribution is -0.0600. The van der Waals surface area contributed by atoms with Crippen LogP contribution in [0, 0.1) is 0 Å².